The first-order valence-electron chi connectivity index (χ1n) is 9.91. The van der Waals surface area contributed by atoms with Crippen LogP contribution in [0.25, 0.3) is 11.6 Å². The number of rotatable bonds is 10. The molecule has 2 unspecified atom stereocenters. The summed E-state index contributed by atoms with van der Waals surface area (Å²) in [4.78, 5) is 8.58. The number of aryl methyl sites for hydroxylation is 1. The van der Waals surface area contributed by atoms with E-state index in [4.69, 9.17) is 25.5 Å². The maximum Gasteiger partial charge on any atom is 0.235 e. The van der Waals surface area contributed by atoms with Gasteiger partial charge in [-0.3, -0.25) is 9.29 Å². The van der Waals surface area contributed by atoms with Crippen LogP contribution in [-0.2, 0) is 15.0 Å². The number of nitrogens with one attached hydrogen (secondary N) is 1. The summed E-state index contributed by atoms with van der Waals surface area (Å²) >= 11 is 7.38. The normalized spacial score (nSPS) is 16.8. The van der Waals surface area contributed by atoms with Gasteiger partial charge in [-0.1, -0.05) is 11.6 Å². The van der Waals surface area contributed by atoms with Crippen molar-refractivity contribution >= 4 is 29.5 Å². The van der Waals surface area contributed by atoms with Crippen LogP contribution < -0.4 is 4.72 Å². The van der Waals surface area contributed by atoms with E-state index in [-0.39, 0.29) is 16.9 Å². The second-order valence-corrected chi connectivity index (χ2v) is 9.21. The molecule has 1 aliphatic carbocycles. The molecule has 0 aliphatic heterocycles. The van der Waals surface area contributed by atoms with Crippen molar-refractivity contribution in [2.24, 2.45) is 0 Å². The topological polar surface area (TPSA) is 100 Å². The highest BCUT2D eigenvalue weighted by atomic mass is 35.5. The zero-order valence-electron chi connectivity index (χ0n) is 17.8. The fraction of sp³-hybridized carbons (Fsp3) is 0.500. The average molecular weight is 465 g/mol. The molecule has 0 radical (unpaired) electrons. The monoisotopic (exact) mass is 464 g/mol. The highest BCUT2D eigenvalue weighted by Gasteiger charge is 2.48. The standard InChI is InChI=1S/C20H25ClN6O3S/c1-12-5-6-15(30-12)18-24-25-19(27(18)20(7-8-20)11-28-3)26-31-13(2)16(29-4)17-22-9-14(21)10-23-17/h5-6,9-10,13,16H,7-8,11H2,1-4H3,(H,25,26). The van der Waals surface area contributed by atoms with Gasteiger partial charge >= 0.3 is 0 Å². The summed E-state index contributed by atoms with van der Waals surface area (Å²) in [7, 11) is 3.34. The highest BCUT2D eigenvalue weighted by Crippen LogP contribution is 2.48. The molecular weight excluding hydrogens is 440 g/mol. The van der Waals surface area contributed by atoms with Crippen molar-refractivity contribution in [2.75, 3.05) is 25.5 Å². The Morgan fingerprint density at radius 1 is 1.26 bits per heavy atom. The van der Waals surface area contributed by atoms with E-state index in [1.807, 2.05) is 26.0 Å². The van der Waals surface area contributed by atoms with Gasteiger partial charge in [0.2, 0.25) is 11.8 Å². The molecule has 0 spiro atoms. The summed E-state index contributed by atoms with van der Waals surface area (Å²) in [5.41, 5.74) is -0.180. The van der Waals surface area contributed by atoms with Crippen LogP contribution in [0.4, 0.5) is 5.95 Å². The molecule has 0 amide bonds. The van der Waals surface area contributed by atoms with Crippen molar-refractivity contribution in [1.29, 1.82) is 0 Å². The fourth-order valence-corrected chi connectivity index (χ4v) is 4.42. The van der Waals surface area contributed by atoms with Crippen LogP contribution in [0.15, 0.2) is 28.9 Å². The molecule has 1 aliphatic rings. The highest BCUT2D eigenvalue weighted by molar-refractivity contribution is 8.01. The van der Waals surface area contributed by atoms with Gasteiger partial charge < -0.3 is 13.9 Å². The number of hydrogen-bond acceptors (Lipinski definition) is 9. The fourth-order valence-electron chi connectivity index (χ4n) is 3.54. The molecule has 1 fully saturated rings. The van der Waals surface area contributed by atoms with Gasteiger partial charge in [0.15, 0.2) is 11.6 Å². The van der Waals surface area contributed by atoms with Crippen molar-refractivity contribution in [3.63, 3.8) is 0 Å². The molecule has 1 N–H and O–H groups in total. The number of methoxy groups -OCH3 is 2. The van der Waals surface area contributed by atoms with Crippen molar-refractivity contribution in [2.45, 2.75) is 43.6 Å². The van der Waals surface area contributed by atoms with Gasteiger partial charge in [-0.2, -0.15) is 0 Å². The van der Waals surface area contributed by atoms with E-state index in [1.165, 1.54) is 11.9 Å². The number of hydrogen-bond donors (Lipinski definition) is 1. The van der Waals surface area contributed by atoms with E-state index in [9.17, 15) is 0 Å². The lowest BCUT2D eigenvalue weighted by atomic mass is 10.2. The Balaban J connectivity index is 1.57. The molecule has 4 rings (SSSR count). The maximum absolute atomic E-state index is 5.91. The minimum atomic E-state index is -0.327. The molecule has 11 heteroatoms. The van der Waals surface area contributed by atoms with E-state index in [0.29, 0.717) is 35.0 Å². The van der Waals surface area contributed by atoms with E-state index in [1.54, 1.807) is 26.6 Å². The average Bonchev–Trinajstić information content (AvgIpc) is 3.19. The van der Waals surface area contributed by atoms with Gasteiger partial charge in [0.1, 0.15) is 11.9 Å². The Hall–Kier alpha value is -2.14. The molecule has 2 atom stereocenters. The predicted molar refractivity (Wildman–Crippen MR) is 119 cm³/mol. The first-order valence-corrected chi connectivity index (χ1v) is 11.2. The zero-order chi connectivity index (χ0) is 22.0. The molecule has 9 nitrogen and oxygen atoms in total. The summed E-state index contributed by atoms with van der Waals surface area (Å²) in [5, 5.41) is 9.28. The van der Waals surface area contributed by atoms with E-state index in [2.05, 4.69) is 29.5 Å². The van der Waals surface area contributed by atoms with Gasteiger partial charge in [0.05, 0.1) is 22.4 Å². The Morgan fingerprint density at radius 3 is 2.58 bits per heavy atom. The molecule has 3 aromatic rings. The summed E-state index contributed by atoms with van der Waals surface area (Å²) < 4.78 is 22.4. The third-order valence-corrected chi connectivity index (χ3v) is 6.36. The van der Waals surface area contributed by atoms with Crippen LogP contribution >= 0.6 is 23.5 Å². The number of furan rings is 1. The number of anilines is 1. The molecule has 0 aromatic carbocycles. The number of halogens is 1. The van der Waals surface area contributed by atoms with E-state index < -0.39 is 0 Å². The SMILES string of the molecule is COCC1(n2c(NSC(C)C(OC)c3ncc(Cl)cn3)nnc2-c2ccc(C)o2)CC1. The second kappa shape index (κ2) is 9.15. The molecule has 3 heterocycles. The van der Waals surface area contributed by atoms with Gasteiger partial charge in [-0.05, 0) is 50.8 Å². The van der Waals surface area contributed by atoms with Gasteiger partial charge in [-0.15, -0.1) is 10.2 Å². The Labute approximate surface area is 190 Å². The zero-order valence-corrected chi connectivity index (χ0v) is 19.4. The Kier molecular flexibility index (Phi) is 6.52. The molecule has 3 aromatic heterocycles. The minimum absolute atomic E-state index is 0.0248. The largest absolute Gasteiger partial charge is 0.458 e. The molecule has 166 valence electrons. The summed E-state index contributed by atoms with van der Waals surface area (Å²) in [6, 6.07) is 3.83. The Bertz CT molecular complexity index is 1020. The van der Waals surface area contributed by atoms with E-state index >= 15 is 0 Å². The minimum Gasteiger partial charge on any atom is -0.458 e. The summed E-state index contributed by atoms with van der Waals surface area (Å²) in [5.74, 6) is 3.40. The smallest absolute Gasteiger partial charge is 0.235 e. The van der Waals surface area contributed by atoms with Crippen molar-refractivity contribution in [3.8, 4) is 11.6 Å². The number of nitrogens with zero attached hydrogens (tertiary/aromatic N) is 5. The Morgan fingerprint density at radius 2 is 2.00 bits per heavy atom. The van der Waals surface area contributed by atoms with E-state index in [0.717, 1.165) is 18.6 Å². The third-order valence-electron chi connectivity index (χ3n) is 5.25. The number of ether oxygens (including phenoxy) is 2. The first-order chi connectivity index (χ1) is 15.0. The van der Waals surface area contributed by atoms with Crippen LogP contribution in [0.1, 0.15) is 37.5 Å². The van der Waals surface area contributed by atoms with Crippen LogP contribution in [0.5, 0.6) is 0 Å². The van der Waals surface area contributed by atoms with Crippen molar-refractivity contribution in [1.82, 2.24) is 24.7 Å². The van der Waals surface area contributed by atoms with Gasteiger partial charge in [0.25, 0.3) is 0 Å². The third kappa shape index (κ3) is 4.57. The molecule has 0 saturated heterocycles. The van der Waals surface area contributed by atoms with Crippen LogP contribution in [-0.4, -0.2) is 50.8 Å². The van der Waals surface area contributed by atoms with Gasteiger partial charge in [0, 0.05) is 26.6 Å². The lowest BCUT2D eigenvalue weighted by Crippen LogP contribution is -2.25. The van der Waals surface area contributed by atoms with Crippen LogP contribution in [0.3, 0.4) is 0 Å². The van der Waals surface area contributed by atoms with Gasteiger partial charge in [-0.25, -0.2) is 9.97 Å². The first kappa shape index (κ1) is 22.1. The maximum atomic E-state index is 5.91. The second-order valence-electron chi connectivity index (χ2n) is 7.59. The van der Waals surface area contributed by atoms with Crippen molar-refractivity contribution in [3.05, 3.63) is 41.1 Å². The summed E-state index contributed by atoms with van der Waals surface area (Å²) in [6.07, 6.45) is 4.78. The quantitative estimate of drug-likeness (QED) is 0.441. The predicted octanol–water partition coefficient (Wildman–Crippen LogP) is 4.26. The van der Waals surface area contributed by atoms with Crippen LogP contribution in [0, 0.1) is 6.92 Å². The van der Waals surface area contributed by atoms with Crippen molar-refractivity contribution < 1.29 is 13.9 Å². The molecule has 31 heavy (non-hydrogen) atoms. The lowest BCUT2D eigenvalue weighted by molar-refractivity contribution is 0.0972. The van der Waals surface area contributed by atoms with Crippen LogP contribution in [0.2, 0.25) is 5.02 Å². The molecular formula is C20H25ClN6O3S. The molecule has 0 bridgehead atoms. The lowest BCUT2D eigenvalue weighted by Gasteiger charge is -2.23. The molecule has 1 saturated carbocycles. The number of aromatic nitrogens is 5. The summed E-state index contributed by atoms with van der Waals surface area (Å²) in [6.45, 7) is 4.52.